The predicted molar refractivity (Wildman–Crippen MR) is 144 cm³/mol. The molecule has 0 saturated heterocycles. The topological polar surface area (TPSA) is 79.3 Å². The molecule has 3 aromatic carbocycles. The SMILES string of the molecule is CCCN(CC(=O)Nc1cc(-c2ccccc2)nn1-c1ccc(C)cc1C)C(=O)Nc1ccccc1. The number of hydrogen-bond donors (Lipinski definition) is 2. The second-order valence-electron chi connectivity index (χ2n) is 8.75. The predicted octanol–water partition coefficient (Wildman–Crippen LogP) is 6.04. The van der Waals surface area contributed by atoms with Crippen molar-refractivity contribution in [3.05, 3.63) is 96.1 Å². The number of amides is 3. The lowest BCUT2D eigenvalue weighted by atomic mass is 10.1. The number of benzene rings is 3. The molecule has 4 aromatic rings. The third-order valence-electron chi connectivity index (χ3n) is 5.77. The van der Waals surface area contributed by atoms with Crippen LogP contribution in [0.3, 0.4) is 0 Å². The summed E-state index contributed by atoms with van der Waals surface area (Å²) in [5, 5.41) is 10.7. The zero-order chi connectivity index (χ0) is 25.5. The Morgan fingerprint density at radius 1 is 0.889 bits per heavy atom. The van der Waals surface area contributed by atoms with Gasteiger partial charge in [-0.1, -0.05) is 73.2 Å². The Balaban J connectivity index is 1.58. The van der Waals surface area contributed by atoms with E-state index in [-0.39, 0.29) is 18.5 Å². The van der Waals surface area contributed by atoms with Gasteiger partial charge in [-0.2, -0.15) is 5.10 Å². The van der Waals surface area contributed by atoms with E-state index in [1.54, 1.807) is 4.68 Å². The molecular formula is C29H31N5O2. The van der Waals surface area contributed by atoms with Gasteiger partial charge in [0.15, 0.2) is 0 Å². The molecule has 0 fully saturated rings. The summed E-state index contributed by atoms with van der Waals surface area (Å²) in [6.07, 6.45) is 0.730. The molecule has 2 N–H and O–H groups in total. The Hall–Kier alpha value is -4.39. The molecule has 4 rings (SSSR count). The van der Waals surface area contributed by atoms with Gasteiger partial charge in [-0.05, 0) is 44.0 Å². The van der Waals surface area contributed by atoms with E-state index in [4.69, 9.17) is 5.10 Å². The monoisotopic (exact) mass is 481 g/mol. The molecule has 0 aliphatic carbocycles. The van der Waals surface area contributed by atoms with E-state index >= 15 is 0 Å². The zero-order valence-corrected chi connectivity index (χ0v) is 20.9. The number of rotatable bonds is 8. The van der Waals surface area contributed by atoms with Crippen molar-refractivity contribution >= 4 is 23.4 Å². The van der Waals surface area contributed by atoms with Crippen molar-refractivity contribution in [2.45, 2.75) is 27.2 Å². The summed E-state index contributed by atoms with van der Waals surface area (Å²) in [5.41, 5.74) is 5.46. The summed E-state index contributed by atoms with van der Waals surface area (Å²) in [7, 11) is 0. The number of carbonyl (C=O) groups is 2. The lowest BCUT2D eigenvalue weighted by molar-refractivity contribution is -0.116. The average molecular weight is 482 g/mol. The number of aromatic nitrogens is 2. The highest BCUT2D eigenvalue weighted by Gasteiger charge is 2.20. The van der Waals surface area contributed by atoms with Crippen LogP contribution in [0.5, 0.6) is 0 Å². The van der Waals surface area contributed by atoms with Gasteiger partial charge in [0, 0.05) is 23.9 Å². The van der Waals surface area contributed by atoms with E-state index in [0.717, 1.165) is 34.5 Å². The summed E-state index contributed by atoms with van der Waals surface area (Å²) in [4.78, 5) is 27.5. The zero-order valence-electron chi connectivity index (χ0n) is 20.9. The number of hydrogen-bond acceptors (Lipinski definition) is 3. The normalized spacial score (nSPS) is 10.6. The number of carbonyl (C=O) groups excluding carboxylic acids is 2. The van der Waals surface area contributed by atoms with Crippen molar-refractivity contribution < 1.29 is 9.59 Å². The maximum Gasteiger partial charge on any atom is 0.322 e. The van der Waals surface area contributed by atoms with Gasteiger partial charge in [-0.25, -0.2) is 9.48 Å². The molecule has 7 nitrogen and oxygen atoms in total. The van der Waals surface area contributed by atoms with Crippen molar-refractivity contribution in [2.75, 3.05) is 23.7 Å². The number of anilines is 2. The third kappa shape index (κ3) is 5.99. The number of aryl methyl sites for hydroxylation is 2. The van der Waals surface area contributed by atoms with Crippen LogP contribution in [-0.2, 0) is 4.79 Å². The molecule has 0 spiro atoms. The highest BCUT2D eigenvalue weighted by Crippen LogP contribution is 2.26. The molecule has 3 amide bonds. The first-order valence-electron chi connectivity index (χ1n) is 12.1. The number of nitrogens with one attached hydrogen (secondary N) is 2. The molecule has 7 heteroatoms. The number of urea groups is 1. The van der Waals surface area contributed by atoms with E-state index in [9.17, 15) is 9.59 Å². The minimum atomic E-state index is -0.314. The standard InChI is InChI=1S/C29H31N5O2/c1-4-17-33(29(36)30-24-13-9-6-10-14-24)20-28(35)31-27-19-25(23-11-7-5-8-12-23)32-34(27)26-16-15-21(2)18-22(26)3/h5-16,18-19H,4,17,20H2,1-3H3,(H,30,36)(H,31,35). The van der Waals surface area contributed by atoms with Gasteiger partial charge in [0.1, 0.15) is 12.4 Å². The summed E-state index contributed by atoms with van der Waals surface area (Å²) in [5.74, 6) is 0.253. The molecule has 1 aromatic heterocycles. The maximum atomic E-state index is 13.1. The molecular weight excluding hydrogens is 450 g/mol. The second kappa shape index (κ2) is 11.4. The van der Waals surface area contributed by atoms with Crippen LogP contribution >= 0.6 is 0 Å². The van der Waals surface area contributed by atoms with Crippen LogP contribution in [0.1, 0.15) is 24.5 Å². The van der Waals surface area contributed by atoms with Gasteiger partial charge in [-0.15, -0.1) is 0 Å². The first kappa shape index (κ1) is 24.7. The van der Waals surface area contributed by atoms with Crippen molar-refractivity contribution in [1.82, 2.24) is 14.7 Å². The van der Waals surface area contributed by atoms with Gasteiger partial charge in [0.2, 0.25) is 5.91 Å². The molecule has 1 heterocycles. The molecule has 0 unspecified atom stereocenters. The molecule has 0 radical (unpaired) electrons. The van der Waals surface area contributed by atoms with Crippen molar-refractivity contribution in [2.24, 2.45) is 0 Å². The Morgan fingerprint density at radius 2 is 1.58 bits per heavy atom. The van der Waals surface area contributed by atoms with Crippen molar-refractivity contribution in [3.63, 3.8) is 0 Å². The van der Waals surface area contributed by atoms with E-state index < -0.39 is 0 Å². The smallest absolute Gasteiger partial charge is 0.315 e. The first-order valence-corrected chi connectivity index (χ1v) is 12.1. The van der Waals surface area contributed by atoms with Gasteiger partial charge < -0.3 is 15.5 Å². The summed E-state index contributed by atoms with van der Waals surface area (Å²) in [6.45, 7) is 6.42. The third-order valence-corrected chi connectivity index (χ3v) is 5.77. The van der Waals surface area contributed by atoms with Crippen LogP contribution in [0.25, 0.3) is 16.9 Å². The summed E-state index contributed by atoms with van der Waals surface area (Å²) in [6, 6.07) is 26.7. The Labute approximate surface area is 211 Å². The minimum absolute atomic E-state index is 0.0781. The van der Waals surface area contributed by atoms with Crippen LogP contribution < -0.4 is 10.6 Å². The molecule has 0 aliphatic rings. The lowest BCUT2D eigenvalue weighted by Crippen LogP contribution is -2.41. The Morgan fingerprint density at radius 3 is 2.25 bits per heavy atom. The van der Waals surface area contributed by atoms with E-state index in [2.05, 4.69) is 16.7 Å². The largest absolute Gasteiger partial charge is 0.322 e. The van der Waals surface area contributed by atoms with Crippen LogP contribution in [0.4, 0.5) is 16.3 Å². The lowest BCUT2D eigenvalue weighted by Gasteiger charge is -2.22. The van der Waals surface area contributed by atoms with Crippen LogP contribution in [0.15, 0.2) is 84.9 Å². The molecule has 0 aliphatic heterocycles. The summed E-state index contributed by atoms with van der Waals surface area (Å²) >= 11 is 0. The van der Waals surface area contributed by atoms with Crippen LogP contribution in [-0.4, -0.2) is 39.7 Å². The quantitative estimate of drug-likeness (QED) is 0.322. The van der Waals surface area contributed by atoms with E-state index in [1.165, 1.54) is 4.90 Å². The van der Waals surface area contributed by atoms with Gasteiger partial charge >= 0.3 is 6.03 Å². The van der Waals surface area contributed by atoms with Crippen LogP contribution in [0.2, 0.25) is 0 Å². The number of nitrogens with zero attached hydrogens (tertiary/aromatic N) is 3. The van der Waals surface area contributed by atoms with Gasteiger partial charge in [-0.3, -0.25) is 4.79 Å². The van der Waals surface area contributed by atoms with E-state index in [0.29, 0.717) is 18.1 Å². The summed E-state index contributed by atoms with van der Waals surface area (Å²) < 4.78 is 1.75. The highest BCUT2D eigenvalue weighted by molar-refractivity contribution is 5.97. The molecule has 36 heavy (non-hydrogen) atoms. The van der Waals surface area contributed by atoms with Crippen molar-refractivity contribution in [1.29, 1.82) is 0 Å². The Bertz CT molecular complexity index is 1330. The van der Waals surface area contributed by atoms with Gasteiger partial charge in [0.05, 0.1) is 11.4 Å². The fraction of sp³-hybridized carbons (Fsp3) is 0.207. The Kier molecular flexibility index (Phi) is 7.80. The van der Waals surface area contributed by atoms with E-state index in [1.807, 2.05) is 99.6 Å². The fourth-order valence-electron chi connectivity index (χ4n) is 4.05. The highest BCUT2D eigenvalue weighted by atomic mass is 16.2. The molecule has 184 valence electrons. The maximum absolute atomic E-state index is 13.1. The fourth-order valence-corrected chi connectivity index (χ4v) is 4.05. The molecule has 0 saturated carbocycles. The molecule has 0 bridgehead atoms. The average Bonchev–Trinajstić information content (AvgIpc) is 3.28. The van der Waals surface area contributed by atoms with Gasteiger partial charge in [0.25, 0.3) is 0 Å². The number of para-hydroxylation sites is 1. The first-order chi connectivity index (χ1) is 17.4. The second-order valence-corrected chi connectivity index (χ2v) is 8.75. The van der Waals surface area contributed by atoms with Crippen LogP contribution in [0, 0.1) is 13.8 Å². The molecule has 0 atom stereocenters. The minimum Gasteiger partial charge on any atom is -0.315 e. The van der Waals surface area contributed by atoms with Crippen molar-refractivity contribution in [3.8, 4) is 16.9 Å².